The number of piperidine rings is 1. The Balaban J connectivity index is 1.50. The van der Waals surface area contributed by atoms with E-state index in [1.54, 1.807) is 11.0 Å². The summed E-state index contributed by atoms with van der Waals surface area (Å²) < 4.78 is 3.77. The average molecular weight is 398 g/mol. The maximum atomic E-state index is 9.81. The van der Waals surface area contributed by atoms with Crippen molar-refractivity contribution in [1.29, 1.82) is 5.26 Å². The van der Waals surface area contributed by atoms with Crippen LogP contribution in [-0.2, 0) is 14.1 Å². The number of aromatic nitrogens is 6. The van der Waals surface area contributed by atoms with Crippen molar-refractivity contribution in [2.75, 3.05) is 18.0 Å². The molecule has 0 bridgehead atoms. The van der Waals surface area contributed by atoms with Crippen LogP contribution in [-0.4, -0.2) is 42.6 Å². The molecule has 0 amide bonds. The number of anilines is 1. The number of hydrogen-bond donors (Lipinski definition) is 0. The van der Waals surface area contributed by atoms with Gasteiger partial charge in [-0.3, -0.25) is 4.68 Å². The van der Waals surface area contributed by atoms with Crippen LogP contribution in [0.5, 0.6) is 0 Å². The summed E-state index contributed by atoms with van der Waals surface area (Å²) in [5, 5.41) is 23.5. The second-order valence-electron chi connectivity index (χ2n) is 7.81. The van der Waals surface area contributed by atoms with E-state index in [-0.39, 0.29) is 0 Å². The normalized spacial score (nSPS) is 14.9. The number of benzene rings is 1. The van der Waals surface area contributed by atoms with Crippen molar-refractivity contribution in [2.24, 2.45) is 14.1 Å². The lowest BCUT2D eigenvalue weighted by Gasteiger charge is -2.35. The molecule has 0 unspecified atom stereocenters. The van der Waals surface area contributed by atoms with Crippen LogP contribution in [0, 0.1) is 11.3 Å². The van der Waals surface area contributed by atoms with E-state index in [2.05, 4.69) is 43.4 Å². The molecule has 0 atom stereocenters. The van der Waals surface area contributed by atoms with Gasteiger partial charge in [-0.1, -0.05) is 12.1 Å². The van der Waals surface area contributed by atoms with Crippen molar-refractivity contribution in [3.8, 4) is 17.2 Å². The minimum Gasteiger partial charge on any atom is -0.370 e. The quantitative estimate of drug-likeness (QED) is 0.527. The standard InChI is InChI=1S/C22H22N8/c1-28-14-25-26-22(28)15-6-8-30(9-7-15)20-16(11-23)4-3-5-19(20)17-10-18-13-29(2)27-21(18)24-12-17/h3-5,10,12-15H,6-9H2,1-2H3. The SMILES string of the molecule is Cn1cc2cc(-c3cccc(C#N)c3N3CCC(c4nncn4C)CC3)cnc2n1. The van der Waals surface area contributed by atoms with Crippen LogP contribution in [0.15, 0.2) is 43.0 Å². The number of aryl methyl sites for hydroxylation is 2. The summed E-state index contributed by atoms with van der Waals surface area (Å²) in [6, 6.07) is 10.4. The lowest BCUT2D eigenvalue weighted by atomic mass is 9.93. The van der Waals surface area contributed by atoms with Crippen molar-refractivity contribution in [3.05, 3.63) is 54.4 Å². The molecule has 5 rings (SSSR count). The van der Waals surface area contributed by atoms with Gasteiger partial charge in [0, 0.05) is 62.0 Å². The Morgan fingerprint density at radius 2 is 2.00 bits per heavy atom. The number of para-hydroxylation sites is 1. The number of nitrogens with zero attached hydrogens (tertiary/aromatic N) is 8. The zero-order chi connectivity index (χ0) is 20.7. The fourth-order valence-corrected chi connectivity index (χ4v) is 4.41. The molecule has 30 heavy (non-hydrogen) atoms. The minimum atomic E-state index is 0.389. The lowest BCUT2D eigenvalue weighted by molar-refractivity contribution is 0.474. The van der Waals surface area contributed by atoms with E-state index >= 15 is 0 Å². The fraction of sp³-hybridized carbons (Fsp3) is 0.318. The van der Waals surface area contributed by atoms with Gasteiger partial charge in [-0.15, -0.1) is 10.2 Å². The highest BCUT2D eigenvalue weighted by atomic mass is 15.3. The van der Waals surface area contributed by atoms with Gasteiger partial charge in [0.25, 0.3) is 0 Å². The summed E-state index contributed by atoms with van der Waals surface area (Å²) in [6.45, 7) is 1.73. The molecule has 1 aromatic carbocycles. The summed E-state index contributed by atoms with van der Waals surface area (Å²) in [5.74, 6) is 1.43. The molecule has 0 N–H and O–H groups in total. The number of pyridine rings is 1. The highest BCUT2D eigenvalue weighted by Gasteiger charge is 2.27. The van der Waals surface area contributed by atoms with Gasteiger partial charge in [0.05, 0.1) is 11.3 Å². The molecule has 1 aliphatic rings. The van der Waals surface area contributed by atoms with Gasteiger partial charge in [0.15, 0.2) is 5.65 Å². The smallest absolute Gasteiger partial charge is 0.181 e. The van der Waals surface area contributed by atoms with E-state index in [9.17, 15) is 5.26 Å². The van der Waals surface area contributed by atoms with E-state index in [1.807, 2.05) is 43.2 Å². The van der Waals surface area contributed by atoms with Crippen LogP contribution in [0.25, 0.3) is 22.2 Å². The fourth-order valence-electron chi connectivity index (χ4n) is 4.41. The number of hydrogen-bond acceptors (Lipinski definition) is 6. The third-order valence-electron chi connectivity index (χ3n) is 5.86. The summed E-state index contributed by atoms with van der Waals surface area (Å²) in [4.78, 5) is 6.85. The Labute approximate surface area is 174 Å². The molecule has 1 saturated heterocycles. The molecular weight excluding hydrogens is 376 g/mol. The highest BCUT2D eigenvalue weighted by Crippen LogP contribution is 2.38. The Morgan fingerprint density at radius 1 is 1.17 bits per heavy atom. The molecule has 0 radical (unpaired) electrons. The van der Waals surface area contributed by atoms with Crippen LogP contribution >= 0.6 is 0 Å². The Morgan fingerprint density at radius 3 is 2.73 bits per heavy atom. The minimum absolute atomic E-state index is 0.389. The van der Waals surface area contributed by atoms with E-state index in [1.165, 1.54) is 0 Å². The molecule has 1 aliphatic heterocycles. The third kappa shape index (κ3) is 3.08. The van der Waals surface area contributed by atoms with Gasteiger partial charge in [0.2, 0.25) is 0 Å². The molecule has 4 heterocycles. The predicted molar refractivity (Wildman–Crippen MR) is 114 cm³/mol. The van der Waals surface area contributed by atoms with Gasteiger partial charge in [-0.25, -0.2) is 4.98 Å². The molecule has 8 nitrogen and oxygen atoms in total. The molecule has 8 heteroatoms. The van der Waals surface area contributed by atoms with Gasteiger partial charge >= 0.3 is 0 Å². The molecule has 0 saturated carbocycles. The number of nitriles is 1. The van der Waals surface area contributed by atoms with E-state index in [0.29, 0.717) is 11.5 Å². The molecule has 150 valence electrons. The van der Waals surface area contributed by atoms with Crippen molar-refractivity contribution >= 4 is 16.7 Å². The predicted octanol–water partition coefficient (Wildman–Crippen LogP) is 3.02. The molecule has 4 aromatic rings. The molecule has 3 aromatic heterocycles. The van der Waals surface area contributed by atoms with Crippen molar-refractivity contribution in [1.82, 2.24) is 29.5 Å². The summed E-state index contributed by atoms with van der Waals surface area (Å²) in [6.07, 6.45) is 7.53. The zero-order valence-corrected chi connectivity index (χ0v) is 17.0. The van der Waals surface area contributed by atoms with E-state index in [0.717, 1.165) is 59.6 Å². The van der Waals surface area contributed by atoms with E-state index < -0.39 is 0 Å². The Kier molecular flexibility index (Phi) is 4.43. The first-order valence-electron chi connectivity index (χ1n) is 10.1. The van der Waals surface area contributed by atoms with Gasteiger partial charge in [-0.2, -0.15) is 10.4 Å². The first kappa shape index (κ1) is 18.3. The van der Waals surface area contributed by atoms with Crippen molar-refractivity contribution < 1.29 is 0 Å². The second-order valence-corrected chi connectivity index (χ2v) is 7.81. The first-order chi connectivity index (χ1) is 14.6. The zero-order valence-electron chi connectivity index (χ0n) is 17.0. The maximum Gasteiger partial charge on any atom is 0.181 e. The molecule has 0 aliphatic carbocycles. The van der Waals surface area contributed by atoms with Crippen molar-refractivity contribution in [3.63, 3.8) is 0 Å². The van der Waals surface area contributed by atoms with Gasteiger partial charge in [-0.05, 0) is 25.0 Å². The topological polar surface area (TPSA) is 88.5 Å². The monoisotopic (exact) mass is 398 g/mol. The van der Waals surface area contributed by atoms with Gasteiger partial charge < -0.3 is 9.47 Å². The van der Waals surface area contributed by atoms with E-state index in [4.69, 9.17) is 0 Å². The number of fused-ring (bicyclic) bond motifs is 1. The largest absolute Gasteiger partial charge is 0.370 e. The van der Waals surface area contributed by atoms with Crippen LogP contribution in [0.1, 0.15) is 30.1 Å². The molecular formula is C22H22N8. The highest BCUT2D eigenvalue weighted by molar-refractivity contribution is 5.87. The molecule has 0 spiro atoms. The van der Waals surface area contributed by atoms with Crippen LogP contribution in [0.3, 0.4) is 0 Å². The van der Waals surface area contributed by atoms with Gasteiger partial charge in [0.1, 0.15) is 18.2 Å². The average Bonchev–Trinajstić information content (AvgIpc) is 3.37. The van der Waals surface area contributed by atoms with Crippen LogP contribution in [0.2, 0.25) is 0 Å². The Bertz CT molecular complexity index is 1250. The van der Waals surface area contributed by atoms with Crippen LogP contribution in [0.4, 0.5) is 5.69 Å². The second kappa shape index (κ2) is 7.26. The Hall–Kier alpha value is -3.73. The maximum absolute atomic E-state index is 9.81. The molecule has 1 fully saturated rings. The lowest BCUT2D eigenvalue weighted by Crippen LogP contribution is -2.34. The summed E-state index contributed by atoms with van der Waals surface area (Å²) in [7, 11) is 3.89. The number of rotatable bonds is 3. The summed E-state index contributed by atoms with van der Waals surface area (Å²) in [5.41, 5.74) is 4.43. The summed E-state index contributed by atoms with van der Waals surface area (Å²) >= 11 is 0. The van der Waals surface area contributed by atoms with Crippen molar-refractivity contribution in [2.45, 2.75) is 18.8 Å². The third-order valence-corrected chi connectivity index (χ3v) is 5.86. The van der Waals surface area contributed by atoms with Crippen LogP contribution < -0.4 is 4.90 Å². The first-order valence-corrected chi connectivity index (χ1v) is 10.1.